The van der Waals surface area contributed by atoms with E-state index in [0.29, 0.717) is 13.0 Å². The minimum Gasteiger partial charge on any atom is -0.394 e. The normalized spacial score (nSPS) is 14.9. The topological polar surface area (TPSA) is 84.6 Å². The van der Waals surface area contributed by atoms with Gasteiger partial charge in [-0.15, -0.1) is 0 Å². The predicted molar refractivity (Wildman–Crippen MR) is 53.8 cm³/mol. The lowest BCUT2D eigenvalue weighted by atomic mass is 10.2. The number of methoxy groups -OCH3 is 1. The van der Waals surface area contributed by atoms with E-state index >= 15 is 0 Å². The monoisotopic (exact) mass is 204 g/mol. The molecule has 84 valence electrons. The van der Waals surface area contributed by atoms with Crippen LogP contribution in [0.4, 0.5) is 0 Å². The second-order valence-electron chi connectivity index (χ2n) is 3.15. The molecule has 0 fully saturated rings. The van der Waals surface area contributed by atoms with Gasteiger partial charge in [-0.3, -0.25) is 4.79 Å². The number of amides is 1. The Labute approximate surface area is 84.6 Å². The number of rotatable bonds is 7. The van der Waals surface area contributed by atoms with Crippen LogP contribution in [-0.2, 0) is 9.53 Å². The Hall–Kier alpha value is -0.650. The van der Waals surface area contributed by atoms with Gasteiger partial charge in [0, 0.05) is 13.7 Å². The number of nitrogens with two attached hydrogens (primary N) is 1. The molecular weight excluding hydrogens is 184 g/mol. The number of hydrogen-bond acceptors (Lipinski definition) is 4. The fourth-order valence-electron chi connectivity index (χ4n) is 1.03. The number of carbonyl (C=O) groups excluding carboxylic acids is 1. The standard InChI is InChI=1S/C9H20N2O3/c1-3-7(6-12)11-9(13)4-8(5-10)14-2/h7-8,12H,3-6,10H2,1-2H3,(H,11,13)/t7-,8?/m0/s1. The van der Waals surface area contributed by atoms with Gasteiger partial charge in [0.25, 0.3) is 0 Å². The first-order chi connectivity index (χ1) is 6.67. The SMILES string of the molecule is CC[C@@H](CO)NC(=O)CC(CN)OC. The van der Waals surface area contributed by atoms with Crippen LogP contribution < -0.4 is 11.1 Å². The molecule has 0 saturated heterocycles. The minimum atomic E-state index is -0.244. The Bertz CT molecular complexity index is 140. The first-order valence-electron chi connectivity index (χ1n) is 4.80. The molecule has 0 saturated carbocycles. The van der Waals surface area contributed by atoms with Crippen LogP contribution in [0, 0.1) is 0 Å². The maximum absolute atomic E-state index is 11.3. The molecule has 0 radical (unpaired) electrons. The zero-order valence-corrected chi connectivity index (χ0v) is 8.82. The van der Waals surface area contributed by atoms with Crippen LogP contribution in [0.1, 0.15) is 19.8 Å². The Morgan fingerprint density at radius 1 is 1.64 bits per heavy atom. The summed E-state index contributed by atoms with van der Waals surface area (Å²) >= 11 is 0. The van der Waals surface area contributed by atoms with Gasteiger partial charge in [0.15, 0.2) is 0 Å². The molecule has 4 N–H and O–H groups in total. The molecule has 5 nitrogen and oxygen atoms in total. The Balaban J connectivity index is 3.83. The lowest BCUT2D eigenvalue weighted by Gasteiger charge is -2.16. The summed E-state index contributed by atoms with van der Waals surface area (Å²) in [7, 11) is 1.52. The second kappa shape index (κ2) is 7.73. The van der Waals surface area contributed by atoms with Gasteiger partial charge in [-0.25, -0.2) is 0 Å². The molecule has 0 aliphatic heterocycles. The smallest absolute Gasteiger partial charge is 0.222 e. The number of nitrogens with one attached hydrogen (secondary N) is 1. The van der Waals surface area contributed by atoms with E-state index in [1.165, 1.54) is 7.11 Å². The van der Waals surface area contributed by atoms with E-state index in [1.807, 2.05) is 6.92 Å². The van der Waals surface area contributed by atoms with Crippen molar-refractivity contribution in [2.45, 2.75) is 31.9 Å². The summed E-state index contributed by atoms with van der Waals surface area (Å²) in [6.45, 7) is 2.18. The summed E-state index contributed by atoms with van der Waals surface area (Å²) in [5, 5.41) is 11.5. The van der Waals surface area contributed by atoms with Crippen molar-refractivity contribution in [3.05, 3.63) is 0 Å². The van der Waals surface area contributed by atoms with Crippen LogP contribution in [0.2, 0.25) is 0 Å². The first kappa shape index (κ1) is 13.4. The molecule has 0 aromatic rings. The largest absolute Gasteiger partial charge is 0.394 e. The Morgan fingerprint density at radius 3 is 2.64 bits per heavy atom. The van der Waals surface area contributed by atoms with Gasteiger partial charge in [-0.2, -0.15) is 0 Å². The zero-order valence-electron chi connectivity index (χ0n) is 8.82. The second-order valence-corrected chi connectivity index (χ2v) is 3.15. The Kier molecular flexibility index (Phi) is 7.37. The number of aliphatic hydroxyl groups excluding tert-OH is 1. The van der Waals surface area contributed by atoms with Crippen molar-refractivity contribution >= 4 is 5.91 Å². The van der Waals surface area contributed by atoms with Crippen molar-refractivity contribution < 1.29 is 14.6 Å². The fraction of sp³-hybridized carbons (Fsp3) is 0.889. The highest BCUT2D eigenvalue weighted by molar-refractivity contribution is 5.76. The molecule has 0 heterocycles. The highest BCUT2D eigenvalue weighted by Gasteiger charge is 2.14. The average Bonchev–Trinajstić information content (AvgIpc) is 2.22. The van der Waals surface area contributed by atoms with Crippen LogP contribution >= 0.6 is 0 Å². The molecule has 0 rings (SSSR count). The summed E-state index contributed by atoms with van der Waals surface area (Å²) in [5.41, 5.74) is 5.37. The highest BCUT2D eigenvalue weighted by Crippen LogP contribution is 1.96. The van der Waals surface area contributed by atoms with E-state index in [0.717, 1.165) is 0 Å². The van der Waals surface area contributed by atoms with Crippen molar-refractivity contribution in [2.24, 2.45) is 5.73 Å². The predicted octanol–water partition coefficient (Wildman–Crippen LogP) is -0.763. The van der Waals surface area contributed by atoms with Gasteiger partial charge in [-0.05, 0) is 6.42 Å². The number of ether oxygens (including phenoxy) is 1. The van der Waals surface area contributed by atoms with Crippen LogP contribution in [-0.4, -0.2) is 43.4 Å². The summed E-state index contributed by atoms with van der Waals surface area (Å²) < 4.78 is 4.97. The molecule has 0 aromatic carbocycles. The quantitative estimate of drug-likeness (QED) is 0.509. The van der Waals surface area contributed by atoms with E-state index in [1.54, 1.807) is 0 Å². The van der Waals surface area contributed by atoms with Gasteiger partial charge in [0.2, 0.25) is 5.91 Å². The molecule has 0 spiro atoms. The van der Waals surface area contributed by atoms with Gasteiger partial charge < -0.3 is 20.9 Å². The average molecular weight is 204 g/mol. The fourth-order valence-corrected chi connectivity index (χ4v) is 1.03. The van der Waals surface area contributed by atoms with Gasteiger partial charge in [-0.1, -0.05) is 6.92 Å². The van der Waals surface area contributed by atoms with E-state index in [2.05, 4.69) is 5.32 Å². The summed E-state index contributed by atoms with van der Waals surface area (Å²) in [6, 6.07) is -0.169. The van der Waals surface area contributed by atoms with Crippen molar-refractivity contribution in [3.63, 3.8) is 0 Å². The molecule has 0 aliphatic carbocycles. The molecule has 1 amide bonds. The molecule has 14 heavy (non-hydrogen) atoms. The van der Waals surface area contributed by atoms with Crippen molar-refractivity contribution in [1.29, 1.82) is 0 Å². The maximum atomic E-state index is 11.3. The van der Waals surface area contributed by atoms with Gasteiger partial charge in [0.1, 0.15) is 0 Å². The zero-order chi connectivity index (χ0) is 11.0. The van der Waals surface area contributed by atoms with E-state index in [4.69, 9.17) is 15.6 Å². The molecule has 2 atom stereocenters. The first-order valence-corrected chi connectivity index (χ1v) is 4.80. The summed E-state index contributed by atoms with van der Waals surface area (Å²) in [5.74, 6) is -0.136. The lowest BCUT2D eigenvalue weighted by Crippen LogP contribution is -2.39. The van der Waals surface area contributed by atoms with Crippen LogP contribution in [0.5, 0.6) is 0 Å². The third kappa shape index (κ3) is 5.16. The van der Waals surface area contributed by atoms with E-state index in [-0.39, 0.29) is 31.1 Å². The molecule has 0 aromatic heterocycles. The molecule has 1 unspecified atom stereocenters. The number of hydrogen-bond donors (Lipinski definition) is 3. The minimum absolute atomic E-state index is 0.0392. The lowest BCUT2D eigenvalue weighted by molar-refractivity contribution is -0.124. The highest BCUT2D eigenvalue weighted by atomic mass is 16.5. The molecule has 0 aliphatic rings. The van der Waals surface area contributed by atoms with Crippen LogP contribution in [0.25, 0.3) is 0 Å². The summed E-state index contributed by atoms with van der Waals surface area (Å²) in [6.07, 6.45) is 0.706. The van der Waals surface area contributed by atoms with E-state index in [9.17, 15) is 4.79 Å². The van der Waals surface area contributed by atoms with Gasteiger partial charge in [0.05, 0.1) is 25.2 Å². The third-order valence-corrected chi connectivity index (χ3v) is 2.09. The van der Waals surface area contributed by atoms with Gasteiger partial charge >= 0.3 is 0 Å². The van der Waals surface area contributed by atoms with Crippen molar-refractivity contribution in [1.82, 2.24) is 5.32 Å². The van der Waals surface area contributed by atoms with Crippen LogP contribution in [0.15, 0.2) is 0 Å². The number of carbonyl (C=O) groups is 1. The molecular formula is C9H20N2O3. The summed E-state index contributed by atoms with van der Waals surface area (Å²) in [4.78, 5) is 11.3. The number of aliphatic hydroxyl groups is 1. The van der Waals surface area contributed by atoms with Crippen LogP contribution in [0.3, 0.4) is 0 Å². The van der Waals surface area contributed by atoms with E-state index < -0.39 is 0 Å². The molecule has 5 heteroatoms. The van der Waals surface area contributed by atoms with Crippen molar-refractivity contribution in [2.75, 3.05) is 20.3 Å². The maximum Gasteiger partial charge on any atom is 0.222 e. The van der Waals surface area contributed by atoms with Crippen molar-refractivity contribution in [3.8, 4) is 0 Å². The third-order valence-electron chi connectivity index (χ3n) is 2.09. The Morgan fingerprint density at radius 2 is 2.29 bits per heavy atom. The molecule has 0 bridgehead atoms.